The summed E-state index contributed by atoms with van der Waals surface area (Å²) in [4.78, 5) is 38.2. The highest BCUT2D eigenvalue weighted by atomic mass is 35.5. The van der Waals surface area contributed by atoms with Crippen LogP contribution in [0.4, 0.5) is 23.2 Å². The van der Waals surface area contributed by atoms with E-state index in [1.807, 2.05) is 0 Å². The number of aryl methyl sites for hydroxylation is 1. The second-order valence-corrected chi connectivity index (χ2v) is 11.6. The van der Waals surface area contributed by atoms with Crippen molar-refractivity contribution in [1.29, 1.82) is 0 Å². The summed E-state index contributed by atoms with van der Waals surface area (Å²) in [7, 11) is -2.81. The fourth-order valence-corrected chi connectivity index (χ4v) is 6.20. The van der Waals surface area contributed by atoms with Gasteiger partial charge < -0.3 is 24.8 Å². The predicted octanol–water partition coefficient (Wildman–Crippen LogP) is 2.17. The third kappa shape index (κ3) is 5.88. The second kappa shape index (κ2) is 10.6. The molecule has 1 spiro atoms. The van der Waals surface area contributed by atoms with Crippen LogP contribution in [0.3, 0.4) is 0 Å². The molecule has 0 radical (unpaired) electrons. The number of hydrogen-bond acceptors (Lipinski definition) is 6. The number of carbonyl (C=O) groups is 3. The summed E-state index contributed by atoms with van der Waals surface area (Å²) >= 11 is 5.76. The largest absolute Gasteiger partial charge is 0.488 e. The molecule has 40 heavy (non-hydrogen) atoms. The van der Waals surface area contributed by atoms with E-state index >= 15 is 0 Å². The molecule has 2 aromatic rings. The van der Waals surface area contributed by atoms with Crippen molar-refractivity contribution >= 4 is 45.0 Å². The topological polar surface area (TPSA) is 139 Å². The van der Waals surface area contributed by atoms with E-state index in [4.69, 9.17) is 16.3 Å². The van der Waals surface area contributed by atoms with Crippen molar-refractivity contribution in [1.82, 2.24) is 19.5 Å². The third-order valence-corrected chi connectivity index (χ3v) is 8.53. The zero-order valence-electron chi connectivity index (χ0n) is 21.1. The van der Waals surface area contributed by atoms with E-state index in [0.29, 0.717) is 6.92 Å². The van der Waals surface area contributed by atoms with Gasteiger partial charge in [0.05, 0.1) is 10.6 Å². The molecular weight excluding hydrogens is 586 g/mol. The molecule has 1 atom stereocenters. The number of anilines is 1. The Morgan fingerprint density at radius 1 is 1.20 bits per heavy atom. The highest BCUT2D eigenvalue weighted by Gasteiger charge is 2.46. The number of piperidine rings is 1. The smallest absolute Gasteiger partial charge is 0.408 e. The summed E-state index contributed by atoms with van der Waals surface area (Å²) in [6, 6.07) is 1.28. The number of hydrogen-bond donors (Lipinski definition) is 3. The highest BCUT2D eigenvalue weighted by Crippen LogP contribution is 2.37. The number of rotatable bonds is 3. The van der Waals surface area contributed by atoms with Crippen molar-refractivity contribution in [3.05, 3.63) is 40.9 Å². The third-order valence-electron chi connectivity index (χ3n) is 6.67. The van der Waals surface area contributed by atoms with Gasteiger partial charge in [-0.2, -0.15) is 13.2 Å². The molecule has 4 rings (SSSR count). The number of alkyl halides is 3. The zero-order valence-corrected chi connectivity index (χ0v) is 22.6. The number of carbonyl (C=O) groups excluding carboxylic acids is 3. The summed E-state index contributed by atoms with van der Waals surface area (Å²) < 4.78 is 87.9. The van der Waals surface area contributed by atoms with Crippen LogP contribution in [0.25, 0.3) is 0 Å². The van der Waals surface area contributed by atoms with Gasteiger partial charge in [0, 0.05) is 32.0 Å². The Labute approximate surface area is 230 Å². The number of benzene rings is 1. The first kappa shape index (κ1) is 29.6. The molecule has 0 bridgehead atoms. The quantitative estimate of drug-likeness (QED) is 0.360. The summed E-state index contributed by atoms with van der Waals surface area (Å²) in [5.74, 6) is -4.27. The zero-order chi connectivity index (χ0) is 29.6. The summed E-state index contributed by atoms with van der Waals surface area (Å²) in [5.41, 5.74) is -1.21. The van der Waals surface area contributed by atoms with Gasteiger partial charge in [-0.1, -0.05) is 11.6 Å². The average molecular weight is 610 g/mol. The van der Waals surface area contributed by atoms with Crippen LogP contribution in [0.2, 0.25) is 5.02 Å². The van der Waals surface area contributed by atoms with Crippen molar-refractivity contribution in [2.75, 3.05) is 25.0 Å². The van der Waals surface area contributed by atoms with Crippen molar-refractivity contribution in [3.8, 4) is 5.75 Å². The maximum atomic E-state index is 13.5. The van der Waals surface area contributed by atoms with Gasteiger partial charge >= 0.3 is 18.0 Å². The standard InChI is InChI=1S/C23H24ClF4N5O6S/c1-12(23(26,27)28)29-20(35)21(36)33-7-5-22(6-8-33)11-39-18-16(40(37,38)31-22)10-32(2)17(18)19(34)30-13-3-4-15(25)14(24)9-13/h3-4,9-10,12,31H,5-8,11H2,1-2H3,(H,29,35)(H,30,34)/t12-/m0/s1. The highest BCUT2D eigenvalue weighted by molar-refractivity contribution is 7.89. The number of ether oxygens (including phenoxy) is 1. The SMILES string of the molecule is C[C@H](NC(=O)C(=O)N1CCC2(CC1)COc1c(cn(C)c1C(=O)Nc1ccc(F)c(Cl)c1)S(=O)(=O)N2)C(F)(F)F. The molecule has 3 amide bonds. The maximum absolute atomic E-state index is 13.5. The predicted molar refractivity (Wildman–Crippen MR) is 133 cm³/mol. The van der Waals surface area contributed by atoms with E-state index < -0.39 is 51.3 Å². The first-order chi connectivity index (χ1) is 18.5. The van der Waals surface area contributed by atoms with Gasteiger partial charge in [-0.25, -0.2) is 17.5 Å². The molecule has 1 fully saturated rings. The normalized spacial score (nSPS) is 18.7. The number of halogens is 5. The van der Waals surface area contributed by atoms with Crippen molar-refractivity contribution in [3.63, 3.8) is 0 Å². The minimum absolute atomic E-state index is 0.0217. The van der Waals surface area contributed by atoms with Crippen LogP contribution in [0.5, 0.6) is 5.75 Å². The monoisotopic (exact) mass is 609 g/mol. The fraction of sp³-hybridized carbons (Fsp3) is 0.435. The molecule has 2 aliphatic heterocycles. The Balaban J connectivity index is 1.49. The van der Waals surface area contributed by atoms with E-state index in [1.54, 1.807) is 5.32 Å². The molecule has 3 N–H and O–H groups in total. The second-order valence-electron chi connectivity index (χ2n) is 9.57. The fourth-order valence-electron chi connectivity index (χ4n) is 4.38. The molecule has 1 aromatic carbocycles. The van der Waals surface area contributed by atoms with Crippen molar-refractivity contribution in [2.24, 2.45) is 7.05 Å². The van der Waals surface area contributed by atoms with Crippen LogP contribution < -0.4 is 20.1 Å². The van der Waals surface area contributed by atoms with E-state index in [1.165, 1.54) is 29.9 Å². The molecule has 0 aliphatic carbocycles. The summed E-state index contributed by atoms with van der Waals surface area (Å²) in [6.45, 7) is 0.171. The minimum atomic E-state index is -4.73. The van der Waals surface area contributed by atoms with Crippen LogP contribution in [0.1, 0.15) is 30.3 Å². The molecule has 1 saturated heterocycles. The maximum Gasteiger partial charge on any atom is 0.408 e. The lowest BCUT2D eigenvalue weighted by atomic mass is 9.89. The number of fused-ring (bicyclic) bond motifs is 1. The van der Waals surface area contributed by atoms with Gasteiger partial charge in [0.2, 0.25) is 10.0 Å². The molecule has 3 heterocycles. The van der Waals surface area contributed by atoms with E-state index in [-0.39, 0.29) is 59.6 Å². The number of likely N-dealkylation sites (tertiary alicyclic amines) is 1. The molecular formula is C23H24ClF4N5O6S. The van der Waals surface area contributed by atoms with Crippen LogP contribution >= 0.6 is 11.6 Å². The number of aromatic nitrogens is 1. The molecule has 218 valence electrons. The lowest BCUT2D eigenvalue weighted by Crippen LogP contribution is -2.60. The Morgan fingerprint density at radius 2 is 1.85 bits per heavy atom. The molecule has 11 nitrogen and oxygen atoms in total. The summed E-state index contributed by atoms with van der Waals surface area (Å²) in [6.07, 6.45) is -3.58. The number of nitrogens with zero attached hydrogens (tertiary/aromatic N) is 2. The molecule has 1 aromatic heterocycles. The molecule has 17 heteroatoms. The number of amides is 3. The van der Waals surface area contributed by atoms with Crippen LogP contribution in [0, 0.1) is 5.82 Å². The first-order valence-corrected chi connectivity index (χ1v) is 13.7. The Morgan fingerprint density at radius 3 is 2.45 bits per heavy atom. The van der Waals surface area contributed by atoms with E-state index in [9.17, 15) is 40.4 Å². The van der Waals surface area contributed by atoms with Gasteiger partial charge in [0.15, 0.2) is 11.4 Å². The van der Waals surface area contributed by atoms with Gasteiger partial charge in [-0.05, 0) is 38.0 Å². The summed E-state index contributed by atoms with van der Waals surface area (Å²) in [5, 5.41) is 3.89. The Kier molecular flexibility index (Phi) is 7.81. The van der Waals surface area contributed by atoms with Crippen molar-refractivity contribution < 1.29 is 45.1 Å². The Bertz CT molecular complexity index is 1470. The van der Waals surface area contributed by atoms with Gasteiger partial charge in [0.25, 0.3) is 5.91 Å². The average Bonchev–Trinajstić information content (AvgIpc) is 3.16. The van der Waals surface area contributed by atoms with E-state index in [0.717, 1.165) is 11.0 Å². The lowest BCUT2D eigenvalue weighted by Gasteiger charge is -2.40. The Hall–Kier alpha value is -3.37. The van der Waals surface area contributed by atoms with E-state index in [2.05, 4.69) is 10.0 Å². The minimum Gasteiger partial charge on any atom is -0.488 e. The van der Waals surface area contributed by atoms with Gasteiger partial charge in [-0.3, -0.25) is 14.4 Å². The molecule has 0 saturated carbocycles. The molecule has 0 unspecified atom stereocenters. The van der Waals surface area contributed by atoms with Crippen LogP contribution in [-0.2, 0) is 26.7 Å². The van der Waals surface area contributed by atoms with Crippen LogP contribution in [0.15, 0.2) is 29.3 Å². The lowest BCUT2D eigenvalue weighted by molar-refractivity contribution is -0.162. The van der Waals surface area contributed by atoms with Crippen molar-refractivity contribution in [2.45, 2.75) is 42.4 Å². The number of nitrogens with one attached hydrogen (secondary N) is 3. The van der Waals surface area contributed by atoms with Gasteiger partial charge in [0.1, 0.15) is 23.4 Å². The van der Waals surface area contributed by atoms with Crippen LogP contribution in [-0.4, -0.2) is 73.1 Å². The molecule has 2 aliphatic rings. The number of sulfonamides is 1. The van der Waals surface area contributed by atoms with Gasteiger partial charge in [-0.15, -0.1) is 0 Å². The first-order valence-electron chi connectivity index (χ1n) is 11.8.